The zero-order valence-electron chi connectivity index (χ0n) is 13.5. The molecule has 0 aliphatic heterocycles. The van der Waals surface area contributed by atoms with Crippen molar-refractivity contribution in [3.05, 3.63) is 52.3 Å². The molecule has 1 aliphatic rings. The molecule has 1 fully saturated rings. The third-order valence-corrected chi connectivity index (χ3v) is 4.26. The van der Waals surface area contributed by atoms with E-state index in [1.54, 1.807) is 36.3 Å². The van der Waals surface area contributed by atoms with Crippen LogP contribution in [0.25, 0.3) is 0 Å². The average molecular weight is 330 g/mol. The number of nitro groups is 1. The van der Waals surface area contributed by atoms with Gasteiger partial charge in [-0.05, 0) is 56.0 Å². The molecule has 1 aliphatic carbocycles. The van der Waals surface area contributed by atoms with Crippen LogP contribution in [-0.2, 0) is 0 Å². The highest BCUT2D eigenvalue weighted by Crippen LogP contribution is 2.38. The van der Waals surface area contributed by atoms with Crippen LogP contribution < -0.4 is 9.64 Å². The van der Waals surface area contributed by atoms with Gasteiger partial charge in [0.2, 0.25) is 0 Å². The van der Waals surface area contributed by atoms with Crippen LogP contribution in [0.2, 0.25) is 0 Å². The van der Waals surface area contributed by atoms with Crippen LogP contribution in [0.5, 0.6) is 5.75 Å². The van der Waals surface area contributed by atoms with E-state index in [9.17, 15) is 14.9 Å². The lowest BCUT2D eigenvalue weighted by Crippen LogP contribution is -2.40. The molecule has 0 saturated heterocycles. The average Bonchev–Trinajstić information content (AvgIpc) is 3.31. The van der Waals surface area contributed by atoms with Gasteiger partial charge in [-0.3, -0.25) is 14.9 Å². The Hall–Kier alpha value is -2.83. The Morgan fingerprint density at radius 3 is 2.46 bits per heavy atom. The Labute approximate surface area is 139 Å². The van der Waals surface area contributed by atoms with Crippen molar-refractivity contribution in [1.82, 2.24) is 0 Å². The van der Waals surface area contributed by atoms with Gasteiger partial charge >= 0.3 is 5.88 Å². The first-order valence-corrected chi connectivity index (χ1v) is 7.73. The number of amides is 1. The van der Waals surface area contributed by atoms with Gasteiger partial charge < -0.3 is 14.1 Å². The minimum atomic E-state index is -0.654. The molecule has 1 unspecified atom stereocenters. The number of furan rings is 1. The van der Waals surface area contributed by atoms with E-state index in [1.807, 2.05) is 6.92 Å². The van der Waals surface area contributed by atoms with E-state index in [-0.39, 0.29) is 17.7 Å². The maximum absolute atomic E-state index is 12.9. The smallest absolute Gasteiger partial charge is 0.433 e. The van der Waals surface area contributed by atoms with Gasteiger partial charge in [-0.25, -0.2) is 0 Å². The van der Waals surface area contributed by atoms with E-state index in [0.29, 0.717) is 17.4 Å². The van der Waals surface area contributed by atoms with E-state index in [2.05, 4.69) is 0 Å². The summed E-state index contributed by atoms with van der Waals surface area (Å²) in [6.07, 6.45) is 2.14. The van der Waals surface area contributed by atoms with Crippen LogP contribution in [0.4, 0.5) is 11.6 Å². The van der Waals surface area contributed by atoms with Gasteiger partial charge in [-0.2, -0.15) is 0 Å². The number of anilines is 1. The van der Waals surface area contributed by atoms with Gasteiger partial charge in [-0.1, -0.05) is 0 Å². The zero-order chi connectivity index (χ0) is 17.3. The van der Waals surface area contributed by atoms with Crippen LogP contribution >= 0.6 is 0 Å². The minimum absolute atomic E-state index is 0.0185. The summed E-state index contributed by atoms with van der Waals surface area (Å²) in [7, 11) is 1.58. The Morgan fingerprint density at radius 1 is 1.29 bits per heavy atom. The fraction of sp³-hybridized carbons (Fsp3) is 0.353. The predicted molar refractivity (Wildman–Crippen MR) is 87.4 cm³/mol. The number of methoxy groups -OCH3 is 1. The van der Waals surface area contributed by atoms with Crippen LogP contribution in [0, 0.1) is 16.0 Å². The summed E-state index contributed by atoms with van der Waals surface area (Å²) in [5.41, 5.74) is 0.708. The molecule has 1 amide bonds. The zero-order valence-corrected chi connectivity index (χ0v) is 13.5. The number of ether oxygens (including phenoxy) is 1. The van der Waals surface area contributed by atoms with Crippen LogP contribution in [0.3, 0.4) is 0 Å². The van der Waals surface area contributed by atoms with Gasteiger partial charge in [0.1, 0.15) is 10.7 Å². The third-order valence-electron chi connectivity index (χ3n) is 4.26. The molecule has 24 heavy (non-hydrogen) atoms. The summed E-state index contributed by atoms with van der Waals surface area (Å²) in [5, 5.41) is 10.8. The summed E-state index contributed by atoms with van der Waals surface area (Å²) in [6, 6.07) is 9.67. The fourth-order valence-corrected chi connectivity index (χ4v) is 2.73. The maximum atomic E-state index is 12.9. The second-order valence-electron chi connectivity index (χ2n) is 5.85. The number of benzene rings is 1. The van der Waals surface area contributed by atoms with Crippen molar-refractivity contribution in [2.45, 2.75) is 25.8 Å². The van der Waals surface area contributed by atoms with Gasteiger partial charge in [-0.15, -0.1) is 0 Å². The normalized spacial score (nSPS) is 14.9. The van der Waals surface area contributed by atoms with Gasteiger partial charge in [0.15, 0.2) is 5.76 Å². The van der Waals surface area contributed by atoms with Crippen molar-refractivity contribution in [1.29, 1.82) is 0 Å². The van der Waals surface area contributed by atoms with Crippen molar-refractivity contribution in [2.24, 2.45) is 5.92 Å². The molecular weight excluding hydrogens is 312 g/mol. The fourth-order valence-electron chi connectivity index (χ4n) is 2.73. The molecular formula is C17H18N2O5. The summed E-state index contributed by atoms with van der Waals surface area (Å²) < 4.78 is 10.2. The molecule has 7 heteroatoms. The summed E-state index contributed by atoms with van der Waals surface area (Å²) >= 11 is 0. The first kappa shape index (κ1) is 16.0. The Balaban J connectivity index is 1.93. The molecule has 0 N–H and O–H groups in total. The van der Waals surface area contributed by atoms with E-state index >= 15 is 0 Å². The van der Waals surface area contributed by atoms with Crippen molar-refractivity contribution < 1.29 is 18.9 Å². The molecule has 1 heterocycles. The van der Waals surface area contributed by atoms with Crippen LogP contribution in [0.1, 0.15) is 30.3 Å². The van der Waals surface area contributed by atoms with E-state index in [0.717, 1.165) is 12.8 Å². The first-order valence-electron chi connectivity index (χ1n) is 7.73. The van der Waals surface area contributed by atoms with Crippen molar-refractivity contribution in [3.63, 3.8) is 0 Å². The topological polar surface area (TPSA) is 85.8 Å². The second kappa shape index (κ2) is 6.35. The number of carbonyl (C=O) groups is 1. The van der Waals surface area contributed by atoms with E-state index in [1.165, 1.54) is 12.1 Å². The highest BCUT2D eigenvalue weighted by molar-refractivity contribution is 6.04. The highest BCUT2D eigenvalue weighted by atomic mass is 16.6. The molecule has 126 valence electrons. The van der Waals surface area contributed by atoms with Gasteiger partial charge in [0, 0.05) is 11.7 Å². The molecule has 1 atom stereocenters. The van der Waals surface area contributed by atoms with Crippen molar-refractivity contribution in [3.8, 4) is 5.75 Å². The summed E-state index contributed by atoms with van der Waals surface area (Å²) in [5.74, 6) is 0.268. The highest BCUT2D eigenvalue weighted by Gasteiger charge is 2.36. The molecule has 2 aromatic rings. The number of nitrogens with zero attached hydrogens (tertiary/aromatic N) is 2. The lowest BCUT2D eigenvalue weighted by molar-refractivity contribution is -0.402. The molecule has 7 nitrogen and oxygen atoms in total. The maximum Gasteiger partial charge on any atom is 0.433 e. The summed E-state index contributed by atoms with van der Waals surface area (Å²) in [6.45, 7) is 1.98. The lowest BCUT2D eigenvalue weighted by Gasteiger charge is -2.28. The molecule has 0 radical (unpaired) electrons. The SMILES string of the molecule is COc1ccc(N(C(=O)c2ccc([N+](=O)[O-])o2)C(C)C2CC2)cc1. The van der Waals surface area contributed by atoms with Crippen molar-refractivity contribution in [2.75, 3.05) is 12.0 Å². The number of carbonyl (C=O) groups excluding carboxylic acids is 1. The number of hydrogen-bond donors (Lipinski definition) is 0. The standard InChI is InChI=1S/C17H18N2O5/c1-11(12-3-4-12)18(13-5-7-14(23-2)8-6-13)17(20)15-9-10-16(24-15)19(21)22/h5-12H,3-4H2,1-2H3. The summed E-state index contributed by atoms with van der Waals surface area (Å²) in [4.78, 5) is 24.6. The Morgan fingerprint density at radius 2 is 1.96 bits per heavy atom. The van der Waals surface area contributed by atoms with Crippen LogP contribution in [0.15, 0.2) is 40.8 Å². The number of hydrogen-bond acceptors (Lipinski definition) is 5. The monoisotopic (exact) mass is 330 g/mol. The van der Waals surface area contributed by atoms with E-state index in [4.69, 9.17) is 9.15 Å². The molecule has 0 bridgehead atoms. The molecule has 0 spiro atoms. The Kier molecular flexibility index (Phi) is 4.24. The molecule has 3 rings (SSSR count). The van der Waals surface area contributed by atoms with Crippen molar-refractivity contribution >= 4 is 17.5 Å². The van der Waals surface area contributed by atoms with Crippen LogP contribution in [-0.4, -0.2) is 24.0 Å². The quantitative estimate of drug-likeness (QED) is 0.596. The largest absolute Gasteiger partial charge is 0.497 e. The predicted octanol–water partition coefficient (Wildman–Crippen LogP) is 3.64. The molecule has 1 saturated carbocycles. The minimum Gasteiger partial charge on any atom is -0.497 e. The Bertz CT molecular complexity index is 749. The second-order valence-corrected chi connectivity index (χ2v) is 5.85. The van der Waals surface area contributed by atoms with E-state index < -0.39 is 10.8 Å². The third kappa shape index (κ3) is 3.10. The molecule has 1 aromatic heterocycles. The molecule has 1 aromatic carbocycles. The lowest BCUT2D eigenvalue weighted by atomic mass is 10.1. The first-order chi connectivity index (χ1) is 11.5. The van der Waals surface area contributed by atoms with Gasteiger partial charge in [0.25, 0.3) is 5.91 Å². The van der Waals surface area contributed by atoms with Gasteiger partial charge in [0.05, 0.1) is 13.2 Å². The number of rotatable bonds is 6.